The Morgan fingerprint density at radius 1 is 1.20 bits per heavy atom. The van der Waals surface area contributed by atoms with E-state index in [9.17, 15) is 4.39 Å². The summed E-state index contributed by atoms with van der Waals surface area (Å²) in [5, 5.41) is 4.83. The van der Waals surface area contributed by atoms with Crippen LogP contribution in [0.3, 0.4) is 0 Å². The van der Waals surface area contributed by atoms with Gasteiger partial charge in [-0.05, 0) is 30.9 Å². The van der Waals surface area contributed by atoms with E-state index in [4.69, 9.17) is 5.10 Å². The molecule has 1 aliphatic rings. The van der Waals surface area contributed by atoms with Crippen LogP contribution in [0.2, 0.25) is 0 Å². The Hall–Kier alpha value is -0.900. The third-order valence-electron chi connectivity index (χ3n) is 4.36. The largest absolute Gasteiger partial charge is 0.300 e. The third kappa shape index (κ3) is 7.47. The van der Waals surface area contributed by atoms with Crippen LogP contribution in [0.5, 0.6) is 0 Å². The zero-order valence-electron chi connectivity index (χ0n) is 18.2. The number of nitrogens with zero attached hydrogens (tertiary/aromatic N) is 3. The molecule has 1 fully saturated rings. The van der Waals surface area contributed by atoms with Gasteiger partial charge in [0.15, 0.2) is 0 Å². The Morgan fingerprint density at radius 3 is 2.28 bits per heavy atom. The SMILES string of the molecule is CC.CC.CC(C)c1cc(C(C)(C)C)n(CC2CCN(CCF)C2)n1. The van der Waals surface area contributed by atoms with Gasteiger partial charge >= 0.3 is 0 Å². The van der Waals surface area contributed by atoms with Gasteiger partial charge in [0.25, 0.3) is 0 Å². The van der Waals surface area contributed by atoms with Crippen LogP contribution in [0, 0.1) is 5.92 Å². The van der Waals surface area contributed by atoms with Crippen LogP contribution < -0.4 is 0 Å². The molecule has 0 spiro atoms. The zero-order valence-corrected chi connectivity index (χ0v) is 18.2. The molecule has 0 aromatic carbocycles. The average molecular weight is 356 g/mol. The molecule has 1 atom stereocenters. The van der Waals surface area contributed by atoms with Gasteiger partial charge in [0.1, 0.15) is 6.67 Å². The lowest BCUT2D eigenvalue weighted by Crippen LogP contribution is -2.26. The highest BCUT2D eigenvalue weighted by Gasteiger charge is 2.27. The van der Waals surface area contributed by atoms with Gasteiger partial charge in [0.2, 0.25) is 0 Å². The first-order chi connectivity index (χ1) is 11.8. The van der Waals surface area contributed by atoms with E-state index in [-0.39, 0.29) is 12.1 Å². The second-order valence-corrected chi connectivity index (χ2v) is 7.69. The van der Waals surface area contributed by atoms with Gasteiger partial charge in [-0.3, -0.25) is 4.68 Å². The highest BCUT2D eigenvalue weighted by atomic mass is 19.1. The molecule has 1 aromatic heterocycles. The number of alkyl halides is 1. The molecule has 1 aliphatic heterocycles. The highest BCUT2D eigenvalue weighted by Crippen LogP contribution is 2.28. The van der Waals surface area contributed by atoms with Crippen molar-refractivity contribution in [1.82, 2.24) is 14.7 Å². The number of hydrogen-bond acceptors (Lipinski definition) is 2. The minimum Gasteiger partial charge on any atom is -0.300 e. The second-order valence-electron chi connectivity index (χ2n) is 7.69. The molecule has 0 bridgehead atoms. The van der Waals surface area contributed by atoms with E-state index in [2.05, 4.69) is 50.3 Å². The van der Waals surface area contributed by atoms with E-state index in [0.29, 0.717) is 18.4 Å². The standard InChI is InChI=1S/C17H30FN3.2C2H6/c1-13(2)15-10-16(17(3,4)5)21(19-15)12-14-6-8-20(11-14)9-7-18;2*1-2/h10,13-14H,6-9,11-12H2,1-5H3;2*1-2H3. The zero-order chi connectivity index (χ0) is 19.6. The molecule has 0 radical (unpaired) electrons. The Morgan fingerprint density at radius 2 is 1.80 bits per heavy atom. The summed E-state index contributed by atoms with van der Waals surface area (Å²) in [6.45, 7) is 22.5. The quantitative estimate of drug-likeness (QED) is 0.680. The first-order valence-electron chi connectivity index (χ1n) is 10.2. The topological polar surface area (TPSA) is 21.1 Å². The molecule has 1 unspecified atom stereocenters. The van der Waals surface area contributed by atoms with Gasteiger partial charge < -0.3 is 4.90 Å². The first kappa shape index (κ1) is 24.1. The molecular formula is C21H42FN3. The highest BCUT2D eigenvalue weighted by molar-refractivity contribution is 5.20. The molecule has 2 rings (SSSR count). The Bertz CT molecular complexity index is 460. The summed E-state index contributed by atoms with van der Waals surface area (Å²) in [7, 11) is 0. The molecule has 2 heterocycles. The Balaban J connectivity index is 0.00000134. The van der Waals surface area contributed by atoms with E-state index >= 15 is 0 Å². The van der Waals surface area contributed by atoms with Gasteiger partial charge in [-0.25, -0.2) is 4.39 Å². The fourth-order valence-electron chi connectivity index (χ4n) is 3.09. The fraction of sp³-hybridized carbons (Fsp3) is 0.857. The van der Waals surface area contributed by atoms with Gasteiger partial charge in [0, 0.05) is 30.7 Å². The van der Waals surface area contributed by atoms with E-state index in [0.717, 1.165) is 26.1 Å². The minimum atomic E-state index is -0.237. The fourth-order valence-corrected chi connectivity index (χ4v) is 3.09. The van der Waals surface area contributed by atoms with E-state index in [1.54, 1.807) is 0 Å². The molecule has 0 N–H and O–H groups in total. The van der Waals surface area contributed by atoms with Crippen molar-refractivity contribution in [3.63, 3.8) is 0 Å². The predicted octanol–water partition coefficient (Wildman–Crippen LogP) is 5.65. The lowest BCUT2D eigenvalue weighted by molar-refractivity contribution is 0.279. The van der Waals surface area contributed by atoms with Crippen molar-refractivity contribution in [3.05, 3.63) is 17.5 Å². The van der Waals surface area contributed by atoms with Crippen molar-refractivity contribution in [2.75, 3.05) is 26.3 Å². The molecule has 148 valence electrons. The molecule has 3 nitrogen and oxygen atoms in total. The number of aromatic nitrogens is 2. The lowest BCUT2D eigenvalue weighted by Gasteiger charge is -2.22. The number of likely N-dealkylation sites (tertiary alicyclic amines) is 1. The summed E-state index contributed by atoms with van der Waals surface area (Å²) in [5.41, 5.74) is 2.60. The van der Waals surface area contributed by atoms with Crippen LogP contribution in [0.15, 0.2) is 6.07 Å². The van der Waals surface area contributed by atoms with E-state index in [1.165, 1.54) is 11.4 Å². The maximum absolute atomic E-state index is 12.5. The molecule has 0 amide bonds. The molecule has 4 heteroatoms. The third-order valence-corrected chi connectivity index (χ3v) is 4.36. The van der Waals surface area contributed by atoms with Gasteiger partial charge in [0.05, 0.1) is 5.69 Å². The monoisotopic (exact) mass is 355 g/mol. The van der Waals surface area contributed by atoms with Crippen LogP contribution in [-0.2, 0) is 12.0 Å². The van der Waals surface area contributed by atoms with Crippen molar-refractivity contribution in [2.24, 2.45) is 5.92 Å². The van der Waals surface area contributed by atoms with E-state index < -0.39 is 0 Å². The molecular weight excluding hydrogens is 313 g/mol. The Kier molecular flexibility index (Phi) is 11.2. The molecule has 0 saturated carbocycles. The van der Waals surface area contributed by atoms with E-state index in [1.807, 2.05) is 27.7 Å². The summed E-state index contributed by atoms with van der Waals surface area (Å²) in [6, 6.07) is 2.26. The van der Waals surface area contributed by atoms with Crippen molar-refractivity contribution in [3.8, 4) is 0 Å². The van der Waals surface area contributed by atoms with Crippen molar-refractivity contribution in [2.45, 2.75) is 86.6 Å². The van der Waals surface area contributed by atoms with Crippen molar-refractivity contribution in [1.29, 1.82) is 0 Å². The second kappa shape index (κ2) is 11.7. The summed E-state index contributed by atoms with van der Waals surface area (Å²) in [5.74, 6) is 1.05. The molecule has 1 saturated heterocycles. The van der Waals surface area contributed by atoms with Crippen LogP contribution in [0.25, 0.3) is 0 Å². The van der Waals surface area contributed by atoms with Gasteiger partial charge in [-0.2, -0.15) is 5.10 Å². The molecule has 25 heavy (non-hydrogen) atoms. The van der Waals surface area contributed by atoms with Gasteiger partial charge in [-0.15, -0.1) is 0 Å². The van der Waals surface area contributed by atoms with Crippen LogP contribution in [-0.4, -0.2) is 41.0 Å². The first-order valence-corrected chi connectivity index (χ1v) is 10.2. The summed E-state index contributed by atoms with van der Waals surface area (Å²) >= 11 is 0. The summed E-state index contributed by atoms with van der Waals surface area (Å²) in [6.07, 6.45) is 1.15. The summed E-state index contributed by atoms with van der Waals surface area (Å²) in [4.78, 5) is 2.23. The predicted molar refractivity (Wildman–Crippen MR) is 108 cm³/mol. The maximum Gasteiger partial charge on any atom is 0.102 e. The van der Waals surface area contributed by atoms with Crippen LogP contribution in [0.1, 0.15) is 86.0 Å². The minimum absolute atomic E-state index is 0.109. The van der Waals surface area contributed by atoms with Crippen molar-refractivity contribution < 1.29 is 4.39 Å². The normalized spacial score (nSPS) is 17.8. The molecule has 0 aliphatic carbocycles. The number of rotatable bonds is 5. The number of hydrogen-bond donors (Lipinski definition) is 0. The van der Waals surface area contributed by atoms with Crippen molar-refractivity contribution >= 4 is 0 Å². The lowest BCUT2D eigenvalue weighted by atomic mass is 9.91. The van der Waals surface area contributed by atoms with Crippen LogP contribution in [0.4, 0.5) is 4.39 Å². The van der Waals surface area contributed by atoms with Crippen LogP contribution >= 0.6 is 0 Å². The Labute approximate surface area is 156 Å². The number of halogens is 1. The molecule has 1 aromatic rings. The van der Waals surface area contributed by atoms with Gasteiger partial charge in [-0.1, -0.05) is 62.3 Å². The smallest absolute Gasteiger partial charge is 0.102 e. The average Bonchev–Trinajstić information content (AvgIpc) is 3.19. The summed E-state index contributed by atoms with van der Waals surface area (Å²) < 4.78 is 14.7. The maximum atomic E-state index is 12.5.